The summed E-state index contributed by atoms with van der Waals surface area (Å²) in [6.07, 6.45) is 2.79. The van der Waals surface area contributed by atoms with E-state index in [9.17, 15) is 10.2 Å². The van der Waals surface area contributed by atoms with Gasteiger partial charge in [0.05, 0.1) is 17.8 Å². The molecule has 3 fully saturated rings. The number of nitrogens with zero attached hydrogens (tertiary/aromatic N) is 1. The maximum atomic E-state index is 9.66. The van der Waals surface area contributed by atoms with Crippen molar-refractivity contribution in [1.29, 1.82) is 0 Å². The van der Waals surface area contributed by atoms with Crippen LogP contribution >= 0.6 is 0 Å². The Labute approximate surface area is 108 Å². The van der Waals surface area contributed by atoms with Crippen LogP contribution in [0.15, 0.2) is 0 Å². The average Bonchev–Trinajstić information content (AvgIpc) is 2.71. The van der Waals surface area contributed by atoms with Crippen molar-refractivity contribution in [3.8, 4) is 0 Å². The van der Waals surface area contributed by atoms with Crippen LogP contribution in [-0.4, -0.2) is 71.9 Å². The predicted octanol–water partition coefficient (Wildman–Crippen LogP) is -0.248. The molecule has 3 aliphatic rings. The van der Waals surface area contributed by atoms with Crippen molar-refractivity contribution in [2.24, 2.45) is 0 Å². The van der Waals surface area contributed by atoms with E-state index in [0.29, 0.717) is 19.1 Å². The van der Waals surface area contributed by atoms with Gasteiger partial charge < -0.3 is 19.7 Å². The summed E-state index contributed by atoms with van der Waals surface area (Å²) < 4.78 is 11.4. The highest BCUT2D eigenvalue weighted by Gasteiger charge is 2.43. The van der Waals surface area contributed by atoms with Crippen LogP contribution < -0.4 is 0 Å². The Hall–Kier alpha value is -0.200. The molecule has 3 saturated heterocycles. The first kappa shape index (κ1) is 12.8. The molecule has 0 aromatic rings. The number of β-amino-alcohol motifs (C(OH)–C–C–N with tert-alkyl or cyclic N) is 2. The smallest absolute Gasteiger partial charge is 0.0938 e. The quantitative estimate of drug-likeness (QED) is 0.678. The molecule has 3 rings (SSSR count). The molecular weight excluding hydrogens is 234 g/mol. The van der Waals surface area contributed by atoms with E-state index in [-0.39, 0.29) is 5.60 Å². The number of rotatable bonds is 1. The standard InChI is InChI=1S/C13H23NO4/c15-11-8-14(9-12(11)16)10-1-4-18-13(7-10)2-5-17-6-3-13/h10-12,15-16H,1-9H2/t10?,11-,12+. The lowest BCUT2D eigenvalue weighted by Gasteiger charge is -2.45. The van der Waals surface area contributed by atoms with Gasteiger partial charge in [0.25, 0.3) is 0 Å². The van der Waals surface area contributed by atoms with E-state index < -0.39 is 12.2 Å². The zero-order valence-corrected chi connectivity index (χ0v) is 10.8. The summed E-state index contributed by atoms with van der Waals surface area (Å²) in [6, 6.07) is 0.434. The van der Waals surface area contributed by atoms with E-state index in [0.717, 1.165) is 45.5 Å². The van der Waals surface area contributed by atoms with Gasteiger partial charge >= 0.3 is 0 Å². The zero-order valence-electron chi connectivity index (χ0n) is 10.8. The number of aliphatic hydroxyl groups excluding tert-OH is 2. The van der Waals surface area contributed by atoms with Gasteiger partial charge in [0.2, 0.25) is 0 Å². The SMILES string of the molecule is O[C@@H]1CN(C2CCOC3(CCOCC3)C2)C[C@@H]1O. The van der Waals surface area contributed by atoms with Crippen molar-refractivity contribution in [2.75, 3.05) is 32.9 Å². The lowest BCUT2D eigenvalue weighted by Crippen LogP contribution is -2.50. The number of ether oxygens (including phenoxy) is 2. The number of likely N-dealkylation sites (tertiary alicyclic amines) is 1. The van der Waals surface area contributed by atoms with Gasteiger partial charge in [-0.3, -0.25) is 4.90 Å². The molecule has 104 valence electrons. The van der Waals surface area contributed by atoms with E-state index in [1.54, 1.807) is 0 Å². The van der Waals surface area contributed by atoms with E-state index in [1.807, 2.05) is 0 Å². The van der Waals surface area contributed by atoms with Crippen LogP contribution in [0.4, 0.5) is 0 Å². The Morgan fingerprint density at radius 3 is 2.33 bits per heavy atom. The molecule has 2 N–H and O–H groups in total. The van der Waals surface area contributed by atoms with Crippen molar-refractivity contribution >= 4 is 0 Å². The molecule has 0 saturated carbocycles. The van der Waals surface area contributed by atoms with Crippen molar-refractivity contribution in [1.82, 2.24) is 4.90 Å². The highest BCUT2D eigenvalue weighted by Crippen LogP contribution is 2.36. The van der Waals surface area contributed by atoms with E-state index in [1.165, 1.54) is 0 Å². The van der Waals surface area contributed by atoms with Crippen LogP contribution in [-0.2, 0) is 9.47 Å². The van der Waals surface area contributed by atoms with Crippen LogP contribution in [0.1, 0.15) is 25.7 Å². The monoisotopic (exact) mass is 257 g/mol. The molecule has 0 aliphatic carbocycles. The molecule has 0 aromatic carbocycles. The molecule has 0 radical (unpaired) electrons. The summed E-state index contributed by atoms with van der Waals surface area (Å²) in [5.74, 6) is 0. The fourth-order valence-electron chi connectivity index (χ4n) is 3.50. The molecule has 3 heterocycles. The summed E-state index contributed by atoms with van der Waals surface area (Å²) >= 11 is 0. The molecular formula is C13H23NO4. The third-order valence-electron chi connectivity index (χ3n) is 4.67. The number of hydrogen-bond donors (Lipinski definition) is 2. The Kier molecular flexibility index (Phi) is 3.60. The van der Waals surface area contributed by atoms with Gasteiger partial charge in [-0.1, -0.05) is 0 Å². The van der Waals surface area contributed by atoms with Gasteiger partial charge in [0.15, 0.2) is 0 Å². The Balaban J connectivity index is 1.63. The second kappa shape index (κ2) is 5.06. The first-order valence-electron chi connectivity index (χ1n) is 7.00. The van der Waals surface area contributed by atoms with Gasteiger partial charge in [-0.25, -0.2) is 0 Å². The Morgan fingerprint density at radius 1 is 1.00 bits per heavy atom. The molecule has 0 amide bonds. The largest absolute Gasteiger partial charge is 0.389 e. The lowest BCUT2D eigenvalue weighted by atomic mass is 9.83. The molecule has 18 heavy (non-hydrogen) atoms. The maximum absolute atomic E-state index is 9.66. The summed E-state index contributed by atoms with van der Waals surface area (Å²) in [5.41, 5.74) is -0.0142. The first-order chi connectivity index (χ1) is 8.69. The van der Waals surface area contributed by atoms with Gasteiger partial charge in [0, 0.05) is 39.0 Å². The molecule has 3 aliphatic heterocycles. The van der Waals surface area contributed by atoms with Gasteiger partial charge in [0.1, 0.15) is 0 Å². The third-order valence-corrected chi connectivity index (χ3v) is 4.67. The molecule has 0 aromatic heterocycles. The summed E-state index contributed by atoms with van der Waals surface area (Å²) in [5, 5.41) is 19.3. The molecule has 5 heteroatoms. The first-order valence-corrected chi connectivity index (χ1v) is 7.00. The van der Waals surface area contributed by atoms with Crippen LogP contribution in [0.2, 0.25) is 0 Å². The predicted molar refractivity (Wildman–Crippen MR) is 65.3 cm³/mol. The molecule has 1 unspecified atom stereocenters. The fourth-order valence-corrected chi connectivity index (χ4v) is 3.50. The number of aliphatic hydroxyl groups is 2. The van der Waals surface area contributed by atoms with E-state index in [2.05, 4.69) is 4.90 Å². The third kappa shape index (κ3) is 2.42. The molecule has 0 bridgehead atoms. The highest BCUT2D eigenvalue weighted by atomic mass is 16.5. The minimum Gasteiger partial charge on any atom is -0.389 e. The molecule has 1 spiro atoms. The average molecular weight is 257 g/mol. The molecule has 3 atom stereocenters. The zero-order chi connectivity index (χ0) is 12.6. The highest BCUT2D eigenvalue weighted by molar-refractivity contribution is 4.95. The van der Waals surface area contributed by atoms with E-state index in [4.69, 9.17) is 9.47 Å². The number of hydrogen-bond acceptors (Lipinski definition) is 5. The van der Waals surface area contributed by atoms with Crippen LogP contribution in [0.3, 0.4) is 0 Å². The topological polar surface area (TPSA) is 62.2 Å². The summed E-state index contributed by atoms with van der Waals surface area (Å²) in [6.45, 7) is 3.56. The normalized spacial score (nSPS) is 41.3. The van der Waals surface area contributed by atoms with E-state index >= 15 is 0 Å². The maximum Gasteiger partial charge on any atom is 0.0938 e. The van der Waals surface area contributed by atoms with Gasteiger partial charge in [-0.05, 0) is 25.7 Å². The molecule has 5 nitrogen and oxygen atoms in total. The van der Waals surface area contributed by atoms with Crippen molar-refractivity contribution < 1.29 is 19.7 Å². The lowest BCUT2D eigenvalue weighted by molar-refractivity contribution is -0.150. The second-order valence-corrected chi connectivity index (χ2v) is 5.88. The van der Waals surface area contributed by atoms with Gasteiger partial charge in [-0.2, -0.15) is 0 Å². The van der Waals surface area contributed by atoms with Crippen molar-refractivity contribution in [3.63, 3.8) is 0 Å². The van der Waals surface area contributed by atoms with Crippen LogP contribution in [0.25, 0.3) is 0 Å². The van der Waals surface area contributed by atoms with Crippen molar-refractivity contribution in [2.45, 2.75) is 49.5 Å². The fraction of sp³-hybridized carbons (Fsp3) is 1.00. The summed E-state index contributed by atoms with van der Waals surface area (Å²) in [4.78, 5) is 2.23. The van der Waals surface area contributed by atoms with Crippen LogP contribution in [0.5, 0.6) is 0 Å². The van der Waals surface area contributed by atoms with Gasteiger partial charge in [-0.15, -0.1) is 0 Å². The second-order valence-electron chi connectivity index (χ2n) is 5.88. The van der Waals surface area contributed by atoms with Crippen molar-refractivity contribution in [3.05, 3.63) is 0 Å². The van der Waals surface area contributed by atoms with Crippen LogP contribution in [0, 0.1) is 0 Å². The summed E-state index contributed by atoms with van der Waals surface area (Å²) in [7, 11) is 0. The Morgan fingerprint density at radius 2 is 1.67 bits per heavy atom. The Bertz CT molecular complexity index is 277. The minimum absolute atomic E-state index is 0.0142. The minimum atomic E-state index is -0.585.